The first kappa shape index (κ1) is 11.5. The molecule has 1 unspecified atom stereocenters. The van der Waals surface area contributed by atoms with Crippen molar-refractivity contribution in [2.45, 2.75) is 38.7 Å². The molecule has 0 fully saturated rings. The molecule has 86 valence electrons. The van der Waals surface area contributed by atoms with Gasteiger partial charge in [0.05, 0.1) is 5.56 Å². The average Bonchev–Trinajstić information content (AvgIpc) is 2.56. The van der Waals surface area contributed by atoms with Crippen LogP contribution >= 0.6 is 11.6 Å². The van der Waals surface area contributed by atoms with E-state index in [1.807, 2.05) is 12.1 Å². The lowest BCUT2D eigenvalue weighted by molar-refractivity contribution is 0.0363. The van der Waals surface area contributed by atoms with Gasteiger partial charge < -0.3 is 4.74 Å². The number of hydrogen-bond donors (Lipinski definition) is 0. The van der Waals surface area contributed by atoms with Crippen LogP contribution in [0.2, 0.25) is 5.02 Å². The molecule has 1 aromatic rings. The Kier molecular flexibility index (Phi) is 3.49. The molecule has 0 aliphatic carbocycles. The van der Waals surface area contributed by atoms with Crippen molar-refractivity contribution < 1.29 is 9.53 Å². The molecule has 1 aliphatic rings. The molecule has 3 heteroatoms. The van der Waals surface area contributed by atoms with Crippen LogP contribution in [0.25, 0.3) is 0 Å². The van der Waals surface area contributed by atoms with Crippen LogP contribution in [0.15, 0.2) is 18.2 Å². The number of unbranched alkanes of at least 4 members (excludes halogenated alkanes) is 2. The summed E-state index contributed by atoms with van der Waals surface area (Å²) in [4.78, 5) is 11.6. The number of halogens is 1. The van der Waals surface area contributed by atoms with Gasteiger partial charge in [0.15, 0.2) is 0 Å². The molecule has 2 rings (SSSR count). The standard InChI is InChI=1S/C13H15ClO2/c1-2-3-4-5-12-10-7-6-9(14)8-11(10)13(15)16-12/h6-8,12H,2-5H2,1H3. The van der Waals surface area contributed by atoms with Gasteiger partial charge in [-0.1, -0.05) is 37.4 Å². The van der Waals surface area contributed by atoms with Crippen LogP contribution in [0, 0.1) is 0 Å². The first-order chi connectivity index (χ1) is 7.72. The molecule has 0 N–H and O–H groups in total. The maximum Gasteiger partial charge on any atom is 0.339 e. The highest BCUT2D eigenvalue weighted by molar-refractivity contribution is 6.31. The highest BCUT2D eigenvalue weighted by Gasteiger charge is 2.30. The summed E-state index contributed by atoms with van der Waals surface area (Å²) in [7, 11) is 0. The van der Waals surface area contributed by atoms with Crippen LogP contribution < -0.4 is 0 Å². The Bertz CT molecular complexity index is 401. The van der Waals surface area contributed by atoms with Crippen LogP contribution in [0.5, 0.6) is 0 Å². The summed E-state index contributed by atoms with van der Waals surface area (Å²) in [6, 6.07) is 5.41. The van der Waals surface area contributed by atoms with Gasteiger partial charge in [0, 0.05) is 10.6 Å². The fourth-order valence-corrected chi connectivity index (χ4v) is 2.21. The van der Waals surface area contributed by atoms with Crippen molar-refractivity contribution in [3.8, 4) is 0 Å². The zero-order valence-electron chi connectivity index (χ0n) is 9.33. The number of esters is 1. The lowest BCUT2D eigenvalue weighted by Crippen LogP contribution is -1.98. The summed E-state index contributed by atoms with van der Waals surface area (Å²) in [5.41, 5.74) is 1.62. The maximum absolute atomic E-state index is 11.6. The Labute approximate surface area is 101 Å². The number of fused-ring (bicyclic) bond motifs is 1. The van der Waals surface area contributed by atoms with Crippen molar-refractivity contribution in [2.75, 3.05) is 0 Å². The zero-order chi connectivity index (χ0) is 11.5. The summed E-state index contributed by atoms with van der Waals surface area (Å²) in [5, 5.41) is 0.588. The summed E-state index contributed by atoms with van der Waals surface area (Å²) in [6.45, 7) is 2.16. The smallest absolute Gasteiger partial charge is 0.339 e. The number of cyclic esters (lactones) is 1. The van der Waals surface area contributed by atoms with Crippen LogP contribution in [0.3, 0.4) is 0 Å². The summed E-state index contributed by atoms with van der Waals surface area (Å²) in [6.07, 6.45) is 4.29. The van der Waals surface area contributed by atoms with Gasteiger partial charge in [-0.3, -0.25) is 0 Å². The van der Waals surface area contributed by atoms with E-state index in [1.165, 1.54) is 12.8 Å². The minimum Gasteiger partial charge on any atom is -0.454 e. The van der Waals surface area contributed by atoms with Crippen molar-refractivity contribution in [1.82, 2.24) is 0 Å². The second-order valence-electron chi connectivity index (χ2n) is 4.12. The van der Waals surface area contributed by atoms with E-state index in [9.17, 15) is 4.79 Å². The second kappa shape index (κ2) is 4.88. The summed E-state index contributed by atoms with van der Waals surface area (Å²) in [5.74, 6) is -0.237. The molecule has 0 amide bonds. The summed E-state index contributed by atoms with van der Waals surface area (Å²) >= 11 is 5.86. The SMILES string of the molecule is CCCCCC1OC(=O)c2cc(Cl)ccc21. The number of carbonyl (C=O) groups is 1. The molecule has 0 saturated carbocycles. The molecule has 0 radical (unpaired) electrons. The highest BCUT2D eigenvalue weighted by Crippen LogP contribution is 2.35. The van der Waals surface area contributed by atoms with Crippen molar-refractivity contribution in [1.29, 1.82) is 0 Å². The molecule has 0 aromatic heterocycles. The Morgan fingerprint density at radius 1 is 1.38 bits per heavy atom. The molecular formula is C13H15ClO2. The van der Waals surface area contributed by atoms with E-state index >= 15 is 0 Å². The third kappa shape index (κ3) is 2.22. The first-order valence-corrected chi connectivity index (χ1v) is 6.10. The van der Waals surface area contributed by atoms with E-state index in [1.54, 1.807) is 6.07 Å². The fourth-order valence-electron chi connectivity index (χ4n) is 2.04. The van der Waals surface area contributed by atoms with E-state index in [4.69, 9.17) is 16.3 Å². The Hall–Kier alpha value is -1.02. The van der Waals surface area contributed by atoms with Gasteiger partial charge >= 0.3 is 5.97 Å². The molecule has 0 bridgehead atoms. The number of carbonyl (C=O) groups excluding carboxylic acids is 1. The van der Waals surface area contributed by atoms with Crippen LogP contribution in [0.1, 0.15) is 54.6 Å². The van der Waals surface area contributed by atoms with Gasteiger partial charge in [0.25, 0.3) is 0 Å². The van der Waals surface area contributed by atoms with E-state index in [-0.39, 0.29) is 12.1 Å². The molecular weight excluding hydrogens is 224 g/mol. The third-order valence-corrected chi connectivity index (χ3v) is 3.14. The molecule has 1 heterocycles. The van der Waals surface area contributed by atoms with Crippen molar-refractivity contribution in [3.63, 3.8) is 0 Å². The Morgan fingerprint density at radius 2 is 2.19 bits per heavy atom. The van der Waals surface area contributed by atoms with Crippen LogP contribution in [0.4, 0.5) is 0 Å². The van der Waals surface area contributed by atoms with Crippen molar-refractivity contribution in [3.05, 3.63) is 34.3 Å². The van der Waals surface area contributed by atoms with E-state index in [2.05, 4.69) is 6.92 Å². The summed E-state index contributed by atoms with van der Waals surface area (Å²) < 4.78 is 5.34. The Balaban J connectivity index is 2.13. The number of hydrogen-bond acceptors (Lipinski definition) is 2. The fraction of sp³-hybridized carbons (Fsp3) is 0.462. The predicted octanol–water partition coefficient (Wildman–Crippen LogP) is 4.13. The molecule has 1 aromatic carbocycles. The van der Waals surface area contributed by atoms with Gasteiger partial charge in [-0.25, -0.2) is 4.79 Å². The number of benzene rings is 1. The van der Waals surface area contributed by atoms with Crippen LogP contribution in [-0.4, -0.2) is 5.97 Å². The molecule has 0 spiro atoms. The predicted molar refractivity (Wildman–Crippen MR) is 63.8 cm³/mol. The minimum absolute atomic E-state index is 0.0636. The van der Waals surface area contributed by atoms with Gasteiger partial charge in [-0.05, 0) is 25.0 Å². The van der Waals surface area contributed by atoms with Gasteiger partial charge in [0.1, 0.15) is 6.10 Å². The molecule has 1 atom stereocenters. The lowest BCUT2D eigenvalue weighted by Gasteiger charge is -2.09. The third-order valence-electron chi connectivity index (χ3n) is 2.90. The van der Waals surface area contributed by atoms with Gasteiger partial charge in [-0.15, -0.1) is 0 Å². The van der Waals surface area contributed by atoms with E-state index < -0.39 is 0 Å². The zero-order valence-corrected chi connectivity index (χ0v) is 10.1. The normalized spacial score (nSPS) is 18.4. The largest absolute Gasteiger partial charge is 0.454 e. The van der Waals surface area contributed by atoms with Crippen LogP contribution in [-0.2, 0) is 4.74 Å². The quantitative estimate of drug-likeness (QED) is 0.582. The number of ether oxygens (including phenoxy) is 1. The van der Waals surface area contributed by atoms with Crippen molar-refractivity contribution >= 4 is 17.6 Å². The topological polar surface area (TPSA) is 26.3 Å². The van der Waals surface area contributed by atoms with Gasteiger partial charge in [0.2, 0.25) is 0 Å². The average molecular weight is 239 g/mol. The minimum atomic E-state index is -0.237. The van der Waals surface area contributed by atoms with Gasteiger partial charge in [-0.2, -0.15) is 0 Å². The van der Waals surface area contributed by atoms with Crippen molar-refractivity contribution in [2.24, 2.45) is 0 Å². The second-order valence-corrected chi connectivity index (χ2v) is 4.56. The Morgan fingerprint density at radius 3 is 2.94 bits per heavy atom. The molecule has 0 saturated heterocycles. The highest BCUT2D eigenvalue weighted by atomic mass is 35.5. The van der Waals surface area contributed by atoms with E-state index in [0.29, 0.717) is 10.6 Å². The number of rotatable bonds is 4. The molecule has 1 aliphatic heterocycles. The van der Waals surface area contributed by atoms with E-state index in [0.717, 1.165) is 18.4 Å². The maximum atomic E-state index is 11.6. The molecule has 16 heavy (non-hydrogen) atoms. The lowest BCUT2D eigenvalue weighted by atomic mass is 10.0. The molecule has 2 nitrogen and oxygen atoms in total. The first-order valence-electron chi connectivity index (χ1n) is 5.72. The monoisotopic (exact) mass is 238 g/mol.